The van der Waals surface area contributed by atoms with E-state index < -0.39 is 97.5 Å². The van der Waals surface area contributed by atoms with Crippen molar-refractivity contribution < 1.29 is 80.2 Å². The largest absolute Gasteiger partial charge is 0.472 e. The summed E-state index contributed by atoms with van der Waals surface area (Å²) in [6.07, 6.45) is 84.6. The van der Waals surface area contributed by atoms with E-state index in [9.17, 15) is 43.2 Å². The fourth-order valence-corrected chi connectivity index (χ4v) is 12.3. The molecule has 5 atom stereocenters. The maximum atomic E-state index is 13.1. The van der Waals surface area contributed by atoms with Gasteiger partial charge in [0.25, 0.3) is 0 Å². The molecule has 0 spiro atoms. The highest BCUT2D eigenvalue weighted by Crippen LogP contribution is 2.45. The first-order valence-corrected chi connectivity index (χ1v) is 43.8. The fraction of sp³-hybridized carbons (Fsp3) is 0.718. The van der Waals surface area contributed by atoms with Gasteiger partial charge in [0.2, 0.25) is 0 Å². The lowest BCUT2D eigenvalue weighted by Gasteiger charge is -2.21. The topological polar surface area (TPSA) is 237 Å². The lowest BCUT2D eigenvalue weighted by molar-refractivity contribution is -0.161. The number of carbonyl (C=O) groups is 4. The van der Waals surface area contributed by atoms with Gasteiger partial charge in [0.05, 0.1) is 26.4 Å². The third-order valence-electron chi connectivity index (χ3n) is 16.9. The van der Waals surface area contributed by atoms with Crippen LogP contribution in [0.1, 0.15) is 336 Å². The molecule has 0 heterocycles. The van der Waals surface area contributed by atoms with Crippen LogP contribution in [0.4, 0.5) is 0 Å². The van der Waals surface area contributed by atoms with E-state index in [1.165, 1.54) is 83.5 Å². The molecule has 5 unspecified atom stereocenters. The van der Waals surface area contributed by atoms with Gasteiger partial charge in [0.1, 0.15) is 19.3 Å². The highest BCUT2D eigenvalue weighted by atomic mass is 31.2. The Morgan fingerprint density at radius 2 is 0.510 bits per heavy atom. The van der Waals surface area contributed by atoms with Crippen LogP contribution in [0.3, 0.4) is 0 Å². The second kappa shape index (κ2) is 76.6. The highest BCUT2D eigenvalue weighted by Gasteiger charge is 2.30. The molecule has 0 aliphatic rings. The molecule has 104 heavy (non-hydrogen) atoms. The highest BCUT2D eigenvalue weighted by molar-refractivity contribution is 7.47. The van der Waals surface area contributed by atoms with Gasteiger partial charge in [0.15, 0.2) is 12.2 Å². The van der Waals surface area contributed by atoms with Crippen LogP contribution in [-0.4, -0.2) is 96.7 Å². The molecule has 0 aromatic rings. The number of ether oxygens (including phenoxy) is 4. The molecule has 0 aromatic carbocycles. The molecule has 0 aromatic heterocycles. The summed E-state index contributed by atoms with van der Waals surface area (Å²) >= 11 is 0. The van der Waals surface area contributed by atoms with Crippen LogP contribution < -0.4 is 0 Å². The predicted octanol–water partition coefficient (Wildman–Crippen LogP) is 23.9. The van der Waals surface area contributed by atoms with Crippen molar-refractivity contribution in [2.75, 3.05) is 39.6 Å². The van der Waals surface area contributed by atoms with Crippen LogP contribution in [0.15, 0.2) is 122 Å². The molecule has 0 saturated carbocycles. The monoisotopic (exact) mass is 1500 g/mol. The number of phosphoric ester groups is 2. The zero-order chi connectivity index (χ0) is 76.0. The zero-order valence-electron chi connectivity index (χ0n) is 65.4. The summed E-state index contributed by atoms with van der Waals surface area (Å²) in [5, 5.41) is 10.6. The second-order valence-electron chi connectivity index (χ2n) is 27.0. The van der Waals surface area contributed by atoms with Crippen molar-refractivity contribution in [3.63, 3.8) is 0 Å². The molecule has 0 fully saturated rings. The van der Waals surface area contributed by atoms with E-state index in [2.05, 4.69) is 149 Å². The van der Waals surface area contributed by atoms with Crippen LogP contribution in [0, 0.1) is 0 Å². The van der Waals surface area contributed by atoms with Crippen molar-refractivity contribution in [2.45, 2.75) is 354 Å². The lowest BCUT2D eigenvalue weighted by atomic mass is 10.0. The van der Waals surface area contributed by atoms with E-state index in [-0.39, 0.29) is 25.7 Å². The SMILES string of the molecule is CC/C=C\C/C=C\C/C=C\C/C=C\C/C=C\CCCCCC(=O)OCC(COP(=O)(O)OCC(O)COP(=O)(O)OCC(COC(=O)CCCCCCCCCCCCCCCCC)OC(=O)CCCCCCC/C=C\CCCC)OC(=O)CCCCCCCC/C=C\C/C=C\C/C=C\C/C=C\CC. The molecule has 0 rings (SSSR count). The van der Waals surface area contributed by atoms with Gasteiger partial charge >= 0.3 is 39.5 Å². The molecule has 0 amide bonds. The number of allylic oxidation sites excluding steroid dienone is 20. The van der Waals surface area contributed by atoms with E-state index >= 15 is 0 Å². The molecule has 0 radical (unpaired) electrons. The van der Waals surface area contributed by atoms with Crippen LogP contribution in [0.5, 0.6) is 0 Å². The second-order valence-corrected chi connectivity index (χ2v) is 29.9. The normalized spacial score (nSPS) is 14.5. The Morgan fingerprint density at radius 1 is 0.279 bits per heavy atom. The minimum Gasteiger partial charge on any atom is -0.462 e. The summed E-state index contributed by atoms with van der Waals surface area (Å²) < 4.78 is 68.6. The Balaban J connectivity index is 5.38. The summed E-state index contributed by atoms with van der Waals surface area (Å²) in [6.45, 7) is 4.58. The number of phosphoric acid groups is 2. The molecule has 0 saturated heterocycles. The molecule has 0 bridgehead atoms. The van der Waals surface area contributed by atoms with Gasteiger partial charge < -0.3 is 33.8 Å². The Hall–Kier alpha value is -4.54. The Bertz CT molecular complexity index is 2440. The average Bonchev–Trinajstić information content (AvgIpc) is 0.928. The quantitative estimate of drug-likeness (QED) is 0.0169. The van der Waals surface area contributed by atoms with Gasteiger partial charge in [-0.25, -0.2) is 9.13 Å². The van der Waals surface area contributed by atoms with Crippen LogP contribution in [-0.2, 0) is 65.4 Å². The average molecular weight is 1500 g/mol. The van der Waals surface area contributed by atoms with Gasteiger partial charge in [-0.3, -0.25) is 37.3 Å². The molecular weight excluding hydrogens is 1350 g/mol. The van der Waals surface area contributed by atoms with Crippen molar-refractivity contribution >= 4 is 39.5 Å². The van der Waals surface area contributed by atoms with E-state index in [1.54, 1.807) is 0 Å². The van der Waals surface area contributed by atoms with Gasteiger partial charge in [-0.05, 0) is 128 Å². The Kier molecular flexibility index (Phi) is 73.3. The third-order valence-corrected chi connectivity index (χ3v) is 18.8. The number of aliphatic hydroxyl groups is 1. The first-order valence-electron chi connectivity index (χ1n) is 40.8. The maximum absolute atomic E-state index is 13.1. The minimum atomic E-state index is -4.99. The summed E-state index contributed by atoms with van der Waals surface area (Å²) in [6, 6.07) is 0. The van der Waals surface area contributed by atoms with Crippen LogP contribution >= 0.6 is 15.6 Å². The molecule has 598 valence electrons. The van der Waals surface area contributed by atoms with Crippen molar-refractivity contribution in [3.05, 3.63) is 122 Å². The summed E-state index contributed by atoms with van der Waals surface area (Å²) in [5.74, 6) is -2.22. The van der Waals surface area contributed by atoms with E-state index in [4.69, 9.17) is 37.0 Å². The summed E-state index contributed by atoms with van der Waals surface area (Å²) in [4.78, 5) is 73.0. The zero-order valence-corrected chi connectivity index (χ0v) is 67.2. The number of esters is 4. The number of hydrogen-bond acceptors (Lipinski definition) is 15. The van der Waals surface area contributed by atoms with Gasteiger partial charge in [-0.2, -0.15) is 0 Å². The Labute approximate surface area is 632 Å². The van der Waals surface area contributed by atoms with E-state index in [0.29, 0.717) is 25.7 Å². The third kappa shape index (κ3) is 75.7. The van der Waals surface area contributed by atoms with Gasteiger partial charge in [-0.1, -0.05) is 303 Å². The lowest BCUT2D eigenvalue weighted by Crippen LogP contribution is -2.30. The summed E-state index contributed by atoms with van der Waals surface area (Å²) in [7, 11) is -9.97. The maximum Gasteiger partial charge on any atom is 0.472 e. The van der Waals surface area contributed by atoms with Crippen LogP contribution in [0.2, 0.25) is 0 Å². The molecule has 0 aliphatic carbocycles. The standard InChI is InChI=1S/C85H146O17P2/c1-5-9-13-17-21-25-29-32-35-37-39-41-44-47-51-54-58-62-66-70-83(88)96-76-81(102-85(90)72-68-64-60-56-52-48-45-42-40-38-36-33-30-26-22-18-14-10-6-2)78-100-104(93,94)98-74-79(86)73-97-103(91,92)99-77-80(101-84(89)71-67-63-59-55-49-28-24-20-16-12-8-4)75-95-82(87)69-65-61-57-53-50-46-43-34-31-27-23-19-15-11-7-3/h9-10,13-14,20-22,24-26,32-33,35-36,39-42,47,51,79-81,86H,5-8,11-12,15-19,23,27-31,34,37-38,43-46,48-50,52-78H2,1-4H3,(H,91,92)(H,93,94)/b13-9-,14-10-,24-20-,25-21-,26-22-,35-32-,36-33-,41-39-,42-40-,51-47-. The number of hydrogen-bond donors (Lipinski definition) is 3. The van der Waals surface area contributed by atoms with E-state index in [1.807, 2.05) is 0 Å². The molecule has 17 nitrogen and oxygen atoms in total. The smallest absolute Gasteiger partial charge is 0.462 e. The number of aliphatic hydroxyl groups excluding tert-OH is 1. The van der Waals surface area contributed by atoms with Crippen LogP contribution in [0.25, 0.3) is 0 Å². The number of rotatable bonds is 76. The molecule has 19 heteroatoms. The molecule has 0 aliphatic heterocycles. The minimum absolute atomic E-state index is 0.0686. The summed E-state index contributed by atoms with van der Waals surface area (Å²) in [5.41, 5.74) is 0. The molecule has 3 N–H and O–H groups in total. The van der Waals surface area contributed by atoms with Crippen molar-refractivity contribution in [2.24, 2.45) is 0 Å². The molecular formula is C85H146O17P2. The van der Waals surface area contributed by atoms with Crippen molar-refractivity contribution in [1.29, 1.82) is 0 Å². The van der Waals surface area contributed by atoms with Gasteiger partial charge in [-0.15, -0.1) is 0 Å². The fourth-order valence-electron chi connectivity index (χ4n) is 10.7. The first kappa shape index (κ1) is 99.5. The van der Waals surface area contributed by atoms with Gasteiger partial charge in [0, 0.05) is 25.7 Å². The number of carbonyl (C=O) groups excluding carboxylic acids is 4. The Morgan fingerprint density at radius 3 is 0.817 bits per heavy atom. The van der Waals surface area contributed by atoms with Crippen molar-refractivity contribution in [3.8, 4) is 0 Å². The first-order chi connectivity index (χ1) is 50.7. The van der Waals surface area contributed by atoms with Crippen molar-refractivity contribution in [1.82, 2.24) is 0 Å². The van der Waals surface area contributed by atoms with E-state index in [0.717, 1.165) is 173 Å². The number of unbranched alkanes of at least 4 members (excludes halogenated alkanes) is 30. The predicted molar refractivity (Wildman–Crippen MR) is 427 cm³/mol.